The molecule has 0 fully saturated rings. The van der Waals surface area contributed by atoms with Crippen LogP contribution in [0.1, 0.15) is 43.6 Å². The first kappa shape index (κ1) is 20.1. The highest BCUT2D eigenvalue weighted by atomic mass is 32.2. The molecule has 0 bridgehead atoms. The van der Waals surface area contributed by atoms with Crippen LogP contribution in [0.4, 0.5) is 5.69 Å². The Bertz CT molecular complexity index is 983. The third kappa shape index (κ3) is 4.44. The van der Waals surface area contributed by atoms with E-state index in [9.17, 15) is 4.79 Å². The van der Waals surface area contributed by atoms with Gasteiger partial charge in [-0.1, -0.05) is 50.2 Å². The molecule has 3 aromatic rings. The number of carbonyl (C=O) groups is 1. The van der Waals surface area contributed by atoms with Gasteiger partial charge in [-0.3, -0.25) is 4.79 Å². The molecule has 3 rings (SSSR count). The molecule has 0 aliphatic heterocycles. The highest BCUT2D eigenvalue weighted by Crippen LogP contribution is 2.26. The predicted molar refractivity (Wildman–Crippen MR) is 110 cm³/mol. The lowest BCUT2D eigenvalue weighted by Crippen LogP contribution is -2.15. The lowest BCUT2D eigenvalue weighted by Gasteiger charge is -2.10. The normalized spacial score (nSPS) is 11.6. The van der Waals surface area contributed by atoms with E-state index in [1.165, 1.54) is 17.3 Å². The van der Waals surface area contributed by atoms with E-state index in [0.717, 1.165) is 22.8 Å². The van der Waals surface area contributed by atoms with Gasteiger partial charge in [-0.25, -0.2) is 4.68 Å². The maximum Gasteiger partial charge on any atom is 0.277 e. The minimum Gasteiger partial charge on any atom is -0.415 e. The van der Waals surface area contributed by atoms with E-state index in [1.807, 2.05) is 70.5 Å². The van der Waals surface area contributed by atoms with Crippen molar-refractivity contribution in [1.29, 1.82) is 0 Å². The SMILES string of the molecule is Cc1ccc(-n2nc(C)c(NC(=O)CSc3nnc(C(C)(C)C)o3)c2C)cc1. The molecule has 2 aromatic heterocycles. The van der Waals surface area contributed by atoms with E-state index in [0.29, 0.717) is 11.1 Å². The van der Waals surface area contributed by atoms with Crippen LogP contribution in [-0.4, -0.2) is 31.6 Å². The molecule has 1 amide bonds. The number of rotatable bonds is 5. The van der Waals surface area contributed by atoms with Crippen LogP contribution in [0, 0.1) is 20.8 Å². The van der Waals surface area contributed by atoms with Crippen molar-refractivity contribution in [1.82, 2.24) is 20.0 Å². The van der Waals surface area contributed by atoms with E-state index in [4.69, 9.17) is 4.42 Å². The smallest absolute Gasteiger partial charge is 0.277 e. The number of anilines is 1. The predicted octanol–water partition coefficient (Wildman–Crippen LogP) is 4.21. The van der Waals surface area contributed by atoms with Crippen LogP contribution in [0.3, 0.4) is 0 Å². The van der Waals surface area contributed by atoms with Crippen molar-refractivity contribution in [3.8, 4) is 5.69 Å². The Labute approximate surface area is 168 Å². The zero-order valence-electron chi connectivity index (χ0n) is 17.0. The lowest BCUT2D eigenvalue weighted by atomic mass is 9.97. The van der Waals surface area contributed by atoms with Gasteiger partial charge in [0.25, 0.3) is 5.22 Å². The van der Waals surface area contributed by atoms with E-state index in [-0.39, 0.29) is 17.1 Å². The fraction of sp³-hybridized carbons (Fsp3) is 0.400. The molecular formula is C20H25N5O2S. The minimum absolute atomic E-state index is 0.143. The molecule has 2 heterocycles. The summed E-state index contributed by atoms with van der Waals surface area (Å²) < 4.78 is 7.45. The van der Waals surface area contributed by atoms with Crippen molar-refractivity contribution < 1.29 is 9.21 Å². The topological polar surface area (TPSA) is 85.8 Å². The maximum absolute atomic E-state index is 12.4. The lowest BCUT2D eigenvalue weighted by molar-refractivity contribution is -0.113. The van der Waals surface area contributed by atoms with Gasteiger partial charge in [0.05, 0.1) is 28.5 Å². The summed E-state index contributed by atoms with van der Waals surface area (Å²) in [6, 6.07) is 8.10. The average Bonchev–Trinajstić information content (AvgIpc) is 3.21. The number of aromatic nitrogens is 4. The number of carbonyl (C=O) groups excluding carboxylic acids is 1. The molecule has 0 aliphatic carbocycles. The standard InChI is InChI=1S/C20H25N5O2S/c1-12-7-9-15(10-8-12)25-14(3)17(13(2)24-25)21-16(26)11-28-19-23-22-18(27-19)20(4,5)6/h7-10H,11H2,1-6H3,(H,21,26). The van der Waals surface area contributed by atoms with Gasteiger partial charge in [-0.15, -0.1) is 10.2 Å². The second-order valence-corrected chi connectivity index (χ2v) is 8.68. The number of amides is 1. The number of benzene rings is 1. The number of nitrogens with one attached hydrogen (secondary N) is 1. The molecule has 148 valence electrons. The van der Waals surface area contributed by atoms with Crippen LogP contribution in [0.5, 0.6) is 0 Å². The quantitative estimate of drug-likeness (QED) is 0.647. The van der Waals surface area contributed by atoms with Crippen LogP contribution in [-0.2, 0) is 10.2 Å². The summed E-state index contributed by atoms with van der Waals surface area (Å²) in [6.45, 7) is 11.9. The molecule has 0 unspecified atom stereocenters. The zero-order chi connectivity index (χ0) is 20.5. The van der Waals surface area contributed by atoms with E-state index >= 15 is 0 Å². The van der Waals surface area contributed by atoms with Gasteiger partial charge in [0.2, 0.25) is 11.8 Å². The van der Waals surface area contributed by atoms with Crippen LogP contribution < -0.4 is 5.32 Å². The van der Waals surface area contributed by atoms with Gasteiger partial charge in [-0.05, 0) is 32.9 Å². The van der Waals surface area contributed by atoms with Gasteiger partial charge >= 0.3 is 0 Å². The number of aryl methyl sites for hydroxylation is 2. The summed E-state index contributed by atoms with van der Waals surface area (Å²) in [4.78, 5) is 12.4. The van der Waals surface area contributed by atoms with E-state index in [2.05, 4.69) is 20.6 Å². The van der Waals surface area contributed by atoms with E-state index in [1.54, 1.807) is 0 Å². The molecule has 0 saturated heterocycles. The van der Waals surface area contributed by atoms with Crippen molar-refractivity contribution in [3.63, 3.8) is 0 Å². The molecule has 28 heavy (non-hydrogen) atoms. The summed E-state index contributed by atoms with van der Waals surface area (Å²) >= 11 is 1.22. The monoisotopic (exact) mass is 399 g/mol. The first-order valence-electron chi connectivity index (χ1n) is 9.05. The Morgan fingerprint density at radius 1 is 1.14 bits per heavy atom. The Morgan fingerprint density at radius 3 is 2.43 bits per heavy atom. The minimum atomic E-state index is -0.215. The first-order valence-corrected chi connectivity index (χ1v) is 10.0. The van der Waals surface area contributed by atoms with Crippen molar-refractivity contribution in [2.75, 3.05) is 11.1 Å². The summed E-state index contributed by atoms with van der Waals surface area (Å²) in [5, 5.41) is 15.9. The summed E-state index contributed by atoms with van der Waals surface area (Å²) in [5.74, 6) is 0.594. The zero-order valence-corrected chi connectivity index (χ0v) is 17.8. The molecular weight excluding hydrogens is 374 g/mol. The summed E-state index contributed by atoms with van der Waals surface area (Å²) in [6.07, 6.45) is 0. The molecule has 0 spiro atoms. The number of hydrogen-bond donors (Lipinski definition) is 1. The molecule has 1 aromatic carbocycles. The molecule has 0 radical (unpaired) electrons. The largest absolute Gasteiger partial charge is 0.415 e. The Balaban J connectivity index is 1.67. The molecule has 0 atom stereocenters. The van der Waals surface area contributed by atoms with Crippen LogP contribution in [0.2, 0.25) is 0 Å². The second kappa shape index (κ2) is 7.79. The molecule has 1 N–H and O–H groups in total. The summed E-state index contributed by atoms with van der Waals surface area (Å²) in [5.41, 5.74) is 4.31. The Kier molecular flexibility index (Phi) is 5.60. The third-order valence-electron chi connectivity index (χ3n) is 4.21. The van der Waals surface area contributed by atoms with Gasteiger partial charge < -0.3 is 9.73 Å². The van der Waals surface area contributed by atoms with Crippen LogP contribution in [0.15, 0.2) is 33.9 Å². The van der Waals surface area contributed by atoms with Crippen molar-refractivity contribution in [2.24, 2.45) is 0 Å². The Hall–Kier alpha value is -2.61. The highest BCUT2D eigenvalue weighted by Gasteiger charge is 2.22. The average molecular weight is 400 g/mol. The van der Waals surface area contributed by atoms with Crippen molar-refractivity contribution in [2.45, 2.75) is 52.2 Å². The fourth-order valence-corrected chi connectivity index (χ4v) is 3.20. The van der Waals surface area contributed by atoms with Gasteiger partial charge in [-0.2, -0.15) is 5.10 Å². The fourth-order valence-electron chi connectivity index (χ4n) is 2.63. The highest BCUT2D eigenvalue weighted by molar-refractivity contribution is 7.99. The van der Waals surface area contributed by atoms with Gasteiger partial charge in [0.15, 0.2) is 0 Å². The Morgan fingerprint density at radius 2 is 1.82 bits per heavy atom. The van der Waals surface area contributed by atoms with Crippen molar-refractivity contribution >= 4 is 23.4 Å². The summed E-state index contributed by atoms with van der Waals surface area (Å²) in [7, 11) is 0. The third-order valence-corrected chi connectivity index (χ3v) is 5.03. The number of nitrogens with zero attached hydrogens (tertiary/aromatic N) is 4. The number of hydrogen-bond acceptors (Lipinski definition) is 6. The van der Waals surface area contributed by atoms with Crippen LogP contribution >= 0.6 is 11.8 Å². The second-order valence-electron chi connectivity index (χ2n) is 7.75. The van der Waals surface area contributed by atoms with Crippen molar-refractivity contribution in [3.05, 3.63) is 47.1 Å². The first-order chi connectivity index (χ1) is 13.1. The van der Waals surface area contributed by atoms with E-state index < -0.39 is 0 Å². The van der Waals surface area contributed by atoms with Gasteiger partial charge in [0, 0.05) is 5.41 Å². The number of thioether (sulfide) groups is 1. The van der Waals surface area contributed by atoms with Crippen LogP contribution in [0.25, 0.3) is 5.69 Å². The molecule has 7 nitrogen and oxygen atoms in total. The molecule has 8 heteroatoms. The maximum atomic E-state index is 12.4. The molecule has 0 aliphatic rings. The molecule has 0 saturated carbocycles. The van der Waals surface area contributed by atoms with Gasteiger partial charge in [0.1, 0.15) is 0 Å².